The van der Waals surface area contributed by atoms with E-state index < -0.39 is 0 Å². The molecule has 13 heavy (non-hydrogen) atoms. The van der Waals surface area contributed by atoms with Crippen LogP contribution in [0.25, 0.3) is 0 Å². The Bertz CT molecular complexity index is 299. The molecule has 1 aliphatic rings. The minimum absolute atomic E-state index is 0.0753. The molecule has 0 spiro atoms. The number of thiol groups is 1. The third kappa shape index (κ3) is 1.92. The van der Waals surface area contributed by atoms with Crippen LogP contribution in [0.3, 0.4) is 0 Å². The summed E-state index contributed by atoms with van der Waals surface area (Å²) in [6, 6.07) is -0.0753. The maximum atomic E-state index is 11.7. The molecule has 1 N–H and O–H groups in total. The fraction of sp³-hybridized carbons (Fsp3) is 0.500. The molecular formula is C8H10N2OS2. The molecule has 1 fully saturated rings. The number of carbonyl (C=O) groups is 1. The smallest absolute Gasteiger partial charge is 0.208 e. The number of aromatic nitrogens is 1. The molecule has 1 saturated heterocycles. The zero-order valence-corrected chi connectivity index (χ0v) is 8.65. The molecule has 2 unspecified atom stereocenters. The highest BCUT2D eigenvalue weighted by molar-refractivity contribution is 7.81. The summed E-state index contributed by atoms with van der Waals surface area (Å²) >= 11 is 5.71. The molecule has 2 atom stereocenters. The molecule has 1 aromatic heterocycles. The van der Waals surface area contributed by atoms with E-state index in [2.05, 4.69) is 22.9 Å². The number of ketones is 1. The van der Waals surface area contributed by atoms with Crippen LogP contribution in [-0.2, 0) is 0 Å². The highest BCUT2D eigenvalue weighted by Gasteiger charge is 2.29. The normalized spacial score (nSPS) is 27.8. The van der Waals surface area contributed by atoms with E-state index in [9.17, 15) is 4.79 Å². The summed E-state index contributed by atoms with van der Waals surface area (Å²) in [7, 11) is 0. The third-order valence-electron chi connectivity index (χ3n) is 2.07. The predicted molar refractivity (Wildman–Crippen MR) is 55.6 cm³/mol. The Labute approximate surface area is 86.0 Å². The van der Waals surface area contributed by atoms with Crippen LogP contribution in [0, 0.1) is 0 Å². The maximum Gasteiger partial charge on any atom is 0.208 e. The summed E-state index contributed by atoms with van der Waals surface area (Å²) in [5, 5.41) is 5.85. The van der Waals surface area contributed by atoms with Crippen molar-refractivity contribution in [2.24, 2.45) is 0 Å². The molecule has 2 heterocycles. The van der Waals surface area contributed by atoms with E-state index in [-0.39, 0.29) is 11.8 Å². The lowest BCUT2D eigenvalue weighted by atomic mass is 10.1. The van der Waals surface area contributed by atoms with Gasteiger partial charge in [0.15, 0.2) is 5.01 Å². The lowest BCUT2D eigenvalue weighted by Gasteiger charge is -2.05. The summed E-state index contributed by atoms with van der Waals surface area (Å²) in [4.78, 5) is 15.7. The molecule has 0 radical (unpaired) electrons. The van der Waals surface area contributed by atoms with Gasteiger partial charge in [0.25, 0.3) is 0 Å². The van der Waals surface area contributed by atoms with Crippen molar-refractivity contribution in [1.29, 1.82) is 0 Å². The van der Waals surface area contributed by atoms with Crippen molar-refractivity contribution in [3.63, 3.8) is 0 Å². The van der Waals surface area contributed by atoms with Crippen molar-refractivity contribution in [1.82, 2.24) is 10.3 Å². The van der Waals surface area contributed by atoms with E-state index in [4.69, 9.17) is 0 Å². The van der Waals surface area contributed by atoms with Gasteiger partial charge in [-0.15, -0.1) is 11.3 Å². The van der Waals surface area contributed by atoms with E-state index >= 15 is 0 Å². The first-order chi connectivity index (χ1) is 6.27. The Balaban J connectivity index is 2.06. The van der Waals surface area contributed by atoms with Gasteiger partial charge in [-0.1, -0.05) is 0 Å². The monoisotopic (exact) mass is 214 g/mol. The van der Waals surface area contributed by atoms with E-state index in [1.54, 1.807) is 6.20 Å². The number of rotatable bonds is 2. The van der Waals surface area contributed by atoms with Crippen molar-refractivity contribution in [2.75, 3.05) is 6.54 Å². The molecule has 0 aromatic carbocycles. The molecule has 1 aliphatic heterocycles. The Morgan fingerprint density at radius 1 is 1.77 bits per heavy atom. The summed E-state index contributed by atoms with van der Waals surface area (Å²) < 4.78 is 0. The van der Waals surface area contributed by atoms with Gasteiger partial charge >= 0.3 is 0 Å². The Morgan fingerprint density at radius 2 is 2.62 bits per heavy atom. The predicted octanol–water partition coefficient (Wildman–Crippen LogP) is 0.986. The van der Waals surface area contributed by atoms with Crippen LogP contribution in [0.1, 0.15) is 16.2 Å². The van der Waals surface area contributed by atoms with Crippen LogP contribution in [0.4, 0.5) is 0 Å². The first-order valence-corrected chi connectivity index (χ1v) is 5.52. The van der Waals surface area contributed by atoms with Crippen molar-refractivity contribution in [3.8, 4) is 0 Å². The largest absolute Gasteiger partial charge is 0.306 e. The van der Waals surface area contributed by atoms with E-state index in [0.717, 1.165) is 13.0 Å². The van der Waals surface area contributed by atoms with Crippen LogP contribution in [0.5, 0.6) is 0 Å². The molecule has 3 nitrogen and oxygen atoms in total. The van der Waals surface area contributed by atoms with E-state index in [1.807, 2.05) is 5.38 Å². The van der Waals surface area contributed by atoms with Crippen LogP contribution < -0.4 is 5.32 Å². The highest BCUT2D eigenvalue weighted by atomic mass is 32.1. The fourth-order valence-corrected chi connectivity index (χ4v) is 2.36. The summed E-state index contributed by atoms with van der Waals surface area (Å²) in [5.74, 6) is 0.103. The summed E-state index contributed by atoms with van der Waals surface area (Å²) in [6.45, 7) is 0.810. The van der Waals surface area contributed by atoms with E-state index in [0.29, 0.717) is 10.3 Å². The quantitative estimate of drug-likeness (QED) is 0.570. The number of carbonyl (C=O) groups excluding carboxylic acids is 1. The molecule has 5 heteroatoms. The van der Waals surface area contributed by atoms with Gasteiger partial charge in [0.1, 0.15) is 0 Å². The second-order valence-electron chi connectivity index (χ2n) is 3.05. The molecule has 1 aromatic rings. The van der Waals surface area contributed by atoms with Crippen molar-refractivity contribution >= 4 is 29.7 Å². The van der Waals surface area contributed by atoms with Gasteiger partial charge < -0.3 is 5.32 Å². The van der Waals surface area contributed by atoms with Gasteiger partial charge in [-0.25, -0.2) is 4.98 Å². The van der Waals surface area contributed by atoms with Crippen LogP contribution in [-0.4, -0.2) is 28.6 Å². The zero-order valence-electron chi connectivity index (χ0n) is 6.93. The van der Waals surface area contributed by atoms with Crippen LogP contribution >= 0.6 is 24.0 Å². The van der Waals surface area contributed by atoms with E-state index in [1.165, 1.54) is 11.3 Å². The van der Waals surface area contributed by atoms with Gasteiger partial charge in [-0.3, -0.25) is 4.79 Å². The second kappa shape index (κ2) is 3.77. The standard InChI is InChI=1S/C8H10N2OS2/c11-7(8-9-1-2-13-8)6-3-5(12)4-10-6/h1-2,5-6,10,12H,3-4H2. The first-order valence-electron chi connectivity index (χ1n) is 4.12. The van der Waals surface area contributed by atoms with Gasteiger partial charge in [-0.2, -0.15) is 12.6 Å². The average molecular weight is 214 g/mol. The summed E-state index contributed by atoms with van der Waals surface area (Å²) in [6.07, 6.45) is 2.46. The average Bonchev–Trinajstić information content (AvgIpc) is 2.72. The molecule has 0 aliphatic carbocycles. The number of Topliss-reactive ketones (excluding diaryl/α,β-unsaturated/α-hetero) is 1. The third-order valence-corrected chi connectivity index (χ3v) is 3.25. The number of nitrogens with zero attached hydrogens (tertiary/aromatic N) is 1. The number of nitrogens with one attached hydrogen (secondary N) is 1. The van der Waals surface area contributed by atoms with Gasteiger partial charge in [0, 0.05) is 23.4 Å². The number of hydrogen-bond donors (Lipinski definition) is 2. The molecule has 0 bridgehead atoms. The first kappa shape index (κ1) is 9.18. The SMILES string of the molecule is O=C(c1nccs1)C1CC(S)CN1. The lowest BCUT2D eigenvalue weighted by molar-refractivity contribution is 0.0952. The Hall–Kier alpha value is -0.390. The number of hydrogen-bond acceptors (Lipinski definition) is 5. The van der Waals surface area contributed by atoms with Gasteiger partial charge in [-0.05, 0) is 6.42 Å². The van der Waals surface area contributed by atoms with Crippen molar-refractivity contribution < 1.29 is 4.79 Å². The highest BCUT2D eigenvalue weighted by Crippen LogP contribution is 2.17. The Morgan fingerprint density at radius 3 is 3.15 bits per heavy atom. The lowest BCUT2D eigenvalue weighted by Crippen LogP contribution is -2.30. The van der Waals surface area contributed by atoms with Crippen molar-refractivity contribution in [2.45, 2.75) is 17.7 Å². The fourth-order valence-electron chi connectivity index (χ4n) is 1.41. The molecule has 0 saturated carbocycles. The topological polar surface area (TPSA) is 42.0 Å². The molecule has 2 rings (SSSR count). The van der Waals surface area contributed by atoms with Crippen LogP contribution in [0.2, 0.25) is 0 Å². The minimum atomic E-state index is -0.0753. The Kier molecular flexibility index (Phi) is 2.66. The van der Waals surface area contributed by atoms with Gasteiger partial charge in [0.05, 0.1) is 6.04 Å². The minimum Gasteiger partial charge on any atom is -0.306 e. The van der Waals surface area contributed by atoms with Crippen LogP contribution in [0.15, 0.2) is 11.6 Å². The molecular weight excluding hydrogens is 204 g/mol. The zero-order chi connectivity index (χ0) is 9.26. The number of thiazole rings is 1. The van der Waals surface area contributed by atoms with Gasteiger partial charge in [0.2, 0.25) is 5.78 Å². The van der Waals surface area contributed by atoms with Crippen molar-refractivity contribution in [3.05, 3.63) is 16.6 Å². The molecule has 70 valence electrons. The summed E-state index contributed by atoms with van der Waals surface area (Å²) in [5.41, 5.74) is 0. The molecule has 0 amide bonds. The maximum absolute atomic E-state index is 11.7. The second-order valence-corrected chi connectivity index (χ2v) is 4.68.